The third kappa shape index (κ3) is 5.77. The number of aromatic nitrogens is 2. The first-order valence-electron chi connectivity index (χ1n) is 10.2. The average Bonchev–Trinajstić information content (AvgIpc) is 3.16. The smallest absolute Gasteiger partial charge is 0.228 e. The van der Waals surface area contributed by atoms with Crippen molar-refractivity contribution >= 4 is 41.8 Å². The van der Waals surface area contributed by atoms with Crippen LogP contribution in [-0.4, -0.2) is 42.3 Å². The second-order valence-corrected chi connectivity index (χ2v) is 7.83. The number of hydrogen-bond acceptors (Lipinski definition) is 4. The standard InChI is InChI=1S/C23H28N4O2.2ClH/c1-29-16-23(9-11-24-12-10-23)22(28)25-14-18-5-4-6-19(13-18)15-27-17-26-20-7-2-3-8-21(20)27;;/h2-8,13,17,24H,9-12,14-16H2,1H3,(H,25,28);2*1H. The highest BCUT2D eigenvalue weighted by Gasteiger charge is 2.39. The Balaban J connectivity index is 0.00000171. The van der Waals surface area contributed by atoms with Gasteiger partial charge in [-0.2, -0.15) is 0 Å². The van der Waals surface area contributed by atoms with Crippen LogP contribution in [0.3, 0.4) is 0 Å². The normalized spacial score (nSPS) is 15.0. The van der Waals surface area contributed by atoms with Crippen molar-refractivity contribution in [2.24, 2.45) is 5.41 Å². The fourth-order valence-corrected chi connectivity index (χ4v) is 4.16. The van der Waals surface area contributed by atoms with Crippen molar-refractivity contribution in [3.63, 3.8) is 0 Å². The lowest BCUT2D eigenvalue weighted by atomic mass is 9.78. The molecule has 1 aromatic heterocycles. The van der Waals surface area contributed by atoms with Gasteiger partial charge in [0.1, 0.15) is 0 Å². The number of methoxy groups -OCH3 is 1. The second kappa shape index (κ2) is 11.5. The van der Waals surface area contributed by atoms with Crippen LogP contribution in [0, 0.1) is 5.41 Å². The molecule has 31 heavy (non-hydrogen) atoms. The van der Waals surface area contributed by atoms with Gasteiger partial charge in [-0.3, -0.25) is 4.79 Å². The van der Waals surface area contributed by atoms with Crippen LogP contribution in [0.4, 0.5) is 0 Å². The maximum atomic E-state index is 12.9. The van der Waals surface area contributed by atoms with E-state index < -0.39 is 5.41 Å². The van der Waals surface area contributed by atoms with E-state index in [-0.39, 0.29) is 30.7 Å². The Morgan fingerprint density at radius 1 is 1.13 bits per heavy atom. The summed E-state index contributed by atoms with van der Waals surface area (Å²) in [4.78, 5) is 17.4. The quantitative estimate of drug-likeness (QED) is 0.560. The molecule has 4 rings (SSSR count). The Morgan fingerprint density at radius 3 is 2.65 bits per heavy atom. The predicted molar refractivity (Wildman–Crippen MR) is 128 cm³/mol. The van der Waals surface area contributed by atoms with Crippen LogP contribution in [0.1, 0.15) is 24.0 Å². The number of nitrogens with zero attached hydrogens (tertiary/aromatic N) is 2. The van der Waals surface area contributed by atoms with Gasteiger partial charge in [-0.15, -0.1) is 24.8 Å². The number of amides is 1. The summed E-state index contributed by atoms with van der Waals surface area (Å²) in [7, 11) is 1.67. The maximum absolute atomic E-state index is 12.9. The Hall–Kier alpha value is -2.12. The van der Waals surface area contributed by atoms with Gasteiger partial charge in [0.05, 0.1) is 29.4 Å². The van der Waals surface area contributed by atoms with Crippen molar-refractivity contribution in [3.05, 3.63) is 66.0 Å². The van der Waals surface area contributed by atoms with Gasteiger partial charge in [-0.1, -0.05) is 36.4 Å². The van der Waals surface area contributed by atoms with Crippen LogP contribution in [0.25, 0.3) is 11.0 Å². The molecule has 0 bridgehead atoms. The number of ether oxygens (including phenoxy) is 1. The highest BCUT2D eigenvalue weighted by molar-refractivity contribution is 5.85. The van der Waals surface area contributed by atoms with Gasteiger partial charge in [0.15, 0.2) is 0 Å². The largest absolute Gasteiger partial charge is 0.384 e. The number of halogens is 2. The van der Waals surface area contributed by atoms with E-state index >= 15 is 0 Å². The molecule has 0 radical (unpaired) electrons. The van der Waals surface area contributed by atoms with Gasteiger partial charge < -0.3 is 19.9 Å². The number of fused-ring (bicyclic) bond motifs is 1. The van der Waals surface area contributed by atoms with E-state index in [1.807, 2.05) is 30.6 Å². The molecule has 1 fully saturated rings. The Bertz CT molecular complexity index is 981. The van der Waals surface area contributed by atoms with Gasteiger partial charge in [0.25, 0.3) is 0 Å². The summed E-state index contributed by atoms with van der Waals surface area (Å²) in [6.45, 7) is 3.45. The van der Waals surface area contributed by atoms with Crippen LogP contribution < -0.4 is 10.6 Å². The third-order valence-corrected chi connectivity index (χ3v) is 5.79. The molecule has 0 spiro atoms. The molecule has 2 heterocycles. The minimum absolute atomic E-state index is 0. The van der Waals surface area contributed by atoms with E-state index in [1.165, 1.54) is 5.56 Å². The minimum Gasteiger partial charge on any atom is -0.384 e. The predicted octanol–water partition coefficient (Wildman–Crippen LogP) is 3.56. The highest BCUT2D eigenvalue weighted by atomic mass is 35.5. The highest BCUT2D eigenvalue weighted by Crippen LogP contribution is 2.29. The molecule has 0 saturated carbocycles. The van der Waals surface area contributed by atoms with Crippen LogP contribution in [0.15, 0.2) is 54.9 Å². The Kier molecular flexibility index (Phi) is 9.32. The Morgan fingerprint density at radius 2 is 1.87 bits per heavy atom. The molecule has 2 aromatic carbocycles. The molecule has 0 aliphatic carbocycles. The van der Waals surface area contributed by atoms with Crippen molar-refractivity contribution in [1.29, 1.82) is 0 Å². The molecule has 168 valence electrons. The number of nitrogens with one attached hydrogen (secondary N) is 2. The number of carbonyl (C=O) groups is 1. The number of imidazole rings is 1. The molecular formula is C23H30Cl2N4O2. The lowest BCUT2D eigenvalue weighted by molar-refractivity contribution is -0.136. The third-order valence-electron chi connectivity index (χ3n) is 5.79. The fourth-order valence-electron chi connectivity index (χ4n) is 4.16. The second-order valence-electron chi connectivity index (χ2n) is 7.83. The molecule has 8 heteroatoms. The number of carbonyl (C=O) groups excluding carboxylic acids is 1. The van der Waals surface area contributed by atoms with Crippen molar-refractivity contribution in [2.75, 3.05) is 26.8 Å². The van der Waals surface area contributed by atoms with Crippen LogP contribution in [0.5, 0.6) is 0 Å². The van der Waals surface area contributed by atoms with E-state index in [9.17, 15) is 4.79 Å². The SMILES string of the molecule is COCC1(C(=O)NCc2cccc(Cn3cnc4ccccc43)c2)CCNCC1.Cl.Cl. The molecule has 1 saturated heterocycles. The number of benzene rings is 2. The van der Waals surface area contributed by atoms with Gasteiger partial charge in [0, 0.05) is 20.2 Å². The van der Waals surface area contributed by atoms with Gasteiger partial charge in [-0.05, 0) is 49.2 Å². The first kappa shape index (κ1) is 25.1. The molecule has 3 aromatic rings. The van der Waals surface area contributed by atoms with Crippen molar-refractivity contribution in [1.82, 2.24) is 20.2 Å². The van der Waals surface area contributed by atoms with Crippen molar-refractivity contribution in [3.8, 4) is 0 Å². The summed E-state index contributed by atoms with van der Waals surface area (Å²) < 4.78 is 7.52. The molecule has 2 N–H and O–H groups in total. The van der Waals surface area contributed by atoms with Crippen molar-refractivity contribution < 1.29 is 9.53 Å². The molecule has 1 amide bonds. The zero-order chi connectivity index (χ0) is 20.1. The monoisotopic (exact) mass is 464 g/mol. The van der Waals surface area contributed by atoms with Gasteiger partial charge in [0.2, 0.25) is 5.91 Å². The number of piperidine rings is 1. The number of para-hydroxylation sites is 2. The Labute approximate surface area is 195 Å². The van der Waals surface area contributed by atoms with E-state index in [1.54, 1.807) is 7.11 Å². The number of rotatable bonds is 7. The summed E-state index contributed by atoms with van der Waals surface area (Å²) in [5, 5.41) is 6.47. The summed E-state index contributed by atoms with van der Waals surface area (Å²) in [5.74, 6) is 0.0897. The first-order chi connectivity index (χ1) is 14.2. The summed E-state index contributed by atoms with van der Waals surface area (Å²) in [5.41, 5.74) is 3.99. The number of hydrogen-bond donors (Lipinski definition) is 2. The van der Waals surface area contributed by atoms with Crippen LogP contribution >= 0.6 is 24.8 Å². The molecule has 6 nitrogen and oxygen atoms in total. The molecular weight excluding hydrogens is 435 g/mol. The summed E-state index contributed by atoms with van der Waals surface area (Å²) in [6.07, 6.45) is 3.49. The lowest BCUT2D eigenvalue weighted by Gasteiger charge is -2.35. The van der Waals surface area contributed by atoms with E-state index in [0.717, 1.165) is 49.1 Å². The lowest BCUT2D eigenvalue weighted by Crippen LogP contribution is -2.49. The summed E-state index contributed by atoms with van der Waals surface area (Å²) in [6, 6.07) is 16.5. The first-order valence-corrected chi connectivity index (χ1v) is 10.2. The van der Waals surface area contributed by atoms with Crippen LogP contribution in [-0.2, 0) is 22.6 Å². The van der Waals surface area contributed by atoms with Crippen LogP contribution in [0.2, 0.25) is 0 Å². The zero-order valence-electron chi connectivity index (χ0n) is 17.7. The molecule has 0 atom stereocenters. The van der Waals surface area contributed by atoms with Crippen molar-refractivity contribution in [2.45, 2.75) is 25.9 Å². The molecule has 1 aliphatic rings. The van der Waals surface area contributed by atoms with Gasteiger partial charge >= 0.3 is 0 Å². The maximum Gasteiger partial charge on any atom is 0.228 e. The zero-order valence-corrected chi connectivity index (χ0v) is 19.3. The van der Waals surface area contributed by atoms with E-state index in [2.05, 4.69) is 44.5 Å². The molecule has 1 aliphatic heterocycles. The topological polar surface area (TPSA) is 68.2 Å². The molecule has 0 unspecified atom stereocenters. The minimum atomic E-state index is -0.423. The van der Waals surface area contributed by atoms with E-state index in [0.29, 0.717) is 13.2 Å². The average molecular weight is 465 g/mol. The van der Waals surface area contributed by atoms with Gasteiger partial charge in [-0.25, -0.2) is 4.98 Å². The summed E-state index contributed by atoms with van der Waals surface area (Å²) >= 11 is 0. The fraction of sp³-hybridized carbons (Fsp3) is 0.391. The van der Waals surface area contributed by atoms with E-state index in [4.69, 9.17) is 4.74 Å².